The highest BCUT2D eigenvalue weighted by Crippen LogP contribution is 2.13. The Morgan fingerprint density at radius 3 is 2.35 bits per heavy atom. The lowest BCUT2D eigenvalue weighted by atomic mass is 10.2. The second-order valence-corrected chi connectivity index (χ2v) is 4.79. The molecule has 6 heteroatoms. The van der Waals surface area contributed by atoms with Gasteiger partial charge in [0.2, 0.25) is 0 Å². The normalized spacial score (nSPS) is 13.8. The largest absolute Gasteiger partial charge is 0.497 e. The van der Waals surface area contributed by atoms with E-state index in [1.807, 2.05) is 13.0 Å². The van der Waals surface area contributed by atoms with Gasteiger partial charge in [0.1, 0.15) is 5.75 Å². The SMILES string of the molecule is COc1ccc(-n2c(=O)n3n(c2=O)CC(C)=CC3)cc1. The molecule has 0 saturated heterocycles. The van der Waals surface area contributed by atoms with Crippen LogP contribution in [0.25, 0.3) is 5.69 Å². The van der Waals surface area contributed by atoms with Crippen molar-refractivity contribution in [2.24, 2.45) is 0 Å². The van der Waals surface area contributed by atoms with Crippen molar-refractivity contribution in [3.63, 3.8) is 0 Å². The summed E-state index contributed by atoms with van der Waals surface area (Å²) in [6.07, 6.45) is 1.96. The third-order valence-electron chi connectivity index (χ3n) is 3.46. The monoisotopic (exact) mass is 273 g/mol. The van der Waals surface area contributed by atoms with Gasteiger partial charge in [0, 0.05) is 0 Å². The molecule has 1 aliphatic rings. The van der Waals surface area contributed by atoms with Crippen molar-refractivity contribution in [1.82, 2.24) is 13.9 Å². The fraction of sp³-hybridized carbons (Fsp3) is 0.286. The Morgan fingerprint density at radius 1 is 1.05 bits per heavy atom. The van der Waals surface area contributed by atoms with Crippen LogP contribution >= 0.6 is 0 Å². The molecule has 6 nitrogen and oxygen atoms in total. The van der Waals surface area contributed by atoms with Gasteiger partial charge in [-0.25, -0.2) is 23.5 Å². The summed E-state index contributed by atoms with van der Waals surface area (Å²) in [4.78, 5) is 24.7. The van der Waals surface area contributed by atoms with Crippen molar-refractivity contribution >= 4 is 0 Å². The van der Waals surface area contributed by atoms with E-state index in [-0.39, 0.29) is 11.4 Å². The van der Waals surface area contributed by atoms with E-state index in [9.17, 15) is 9.59 Å². The second kappa shape index (κ2) is 4.56. The molecule has 0 fully saturated rings. The molecule has 20 heavy (non-hydrogen) atoms. The number of aromatic nitrogens is 3. The number of fused-ring (bicyclic) bond motifs is 1. The lowest BCUT2D eigenvalue weighted by Crippen LogP contribution is -2.29. The molecule has 1 aliphatic heterocycles. The number of allylic oxidation sites excluding steroid dienone is 2. The maximum Gasteiger partial charge on any atom is 0.352 e. The Morgan fingerprint density at radius 2 is 1.70 bits per heavy atom. The van der Waals surface area contributed by atoms with E-state index in [0.717, 1.165) is 5.57 Å². The summed E-state index contributed by atoms with van der Waals surface area (Å²) in [6, 6.07) is 6.86. The van der Waals surface area contributed by atoms with Crippen LogP contribution in [-0.2, 0) is 13.1 Å². The fourth-order valence-corrected chi connectivity index (χ4v) is 2.34. The van der Waals surface area contributed by atoms with Crippen molar-refractivity contribution < 1.29 is 4.74 Å². The predicted molar refractivity (Wildman–Crippen MR) is 74.6 cm³/mol. The molecule has 1 aromatic heterocycles. The average Bonchev–Trinajstić information content (AvgIpc) is 2.71. The standard InChI is InChI=1S/C14H15N3O3/c1-10-7-8-15-13(18)17(14(19)16(15)9-10)11-3-5-12(20-2)6-4-11/h3-7H,8-9H2,1-2H3. The Labute approximate surface area is 115 Å². The van der Waals surface area contributed by atoms with E-state index < -0.39 is 0 Å². The van der Waals surface area contributed by atoms with Crippen LogP contribution in [-0.4, -0.2) is 21.0 Å². The lowest BCUT2D eigenvalue weighted by Gasteiger charge is -2.13. The Balaban J connectivity index is 2.16. The van der Waals surface area contributed by atoms with E-state index in [1.165, 1.54) is 13.9 Å². The first-order valence-electron chi connectivity index (χ1n) is 6.34. The number of hydrogen-bond donors (Lipinski definition) is 0. The zero-order valence-corrected chi connectivity index (χ0v) is 11.4. The molecule has 0 N–H and O–H groups in total. The molecular weight excluding hydrogens is 258 g/mol. The van der Waals surface area contributed by atoms with Crippen LogP contribution in [0.2, 0.25) is 0 Å². The third-order valence-corrected chi connectivity index (χ3v) is 3.46. The van der Waals surface area contributed by atoms with Crippen LogP contribution in [0, 0.1) is 0 Å². The van der Waals surface area contributed by atoms with Crippen LogP contribution in [0.3, 0.4) is 0 Å². The number of methoxy groups -OCH3 is 1. The minimum atomic E-state index is -0.316. The number of benzene rings is 1. The summed E-state index contributed by atoms with van der Waals surface area (Å²) in [5.41, 5.74) is 1.00. The molecule has 3 rings (SSSR count). The number of hydrogen-bond acceptors (Lipinski definition) is 3. The van der Waals surface area contributed by atoms with Gasteiger partial charge in [0.15, 0.2) is 0 Å². The second-order valence-electron chi connectivity index (χ2n) is 4.79. The molecule has 1 aromatic carbocycles. The molecule has 0 atom stereocenters. The Kier molecular flexibility index (Phi) is 2.85. The van der Waals surface area contributed by atoms with Gasteiger partial charge >= 0.3 is 11.4 Å². The highest BCUT2D eigenvalue weighted by molar-refractivity contribution is 5.37. The van der Waals surface area contributed by atoms with E-state index in [1.54, 1.807) is 31.4 Å². The minimum absolute atomic E-state index is 0.312. The first-order valence-corrected chi connectivity index (χ1v) is 6.34. The highest BCUT2D eigenvalue weighted by atomic mass is 16.5. The minimum Gasteiger partial charge on any atom is -0.497 e. The molecule has 0 radical (unpaired) electrons. The molecule has 0 spiro atoms. The zero-order chi connectivity index (χ0) is 14.3. The Bertz CT molecular complexity index is 791. The molecule has 104 valence electrons. The van der Waals surface area contributed by atoms with Crippen LogP contribution in [0.15, 0.2) is 45.5 Å². The average molecular weight is 273 g/mol. The Hall–Kier alpha value is -2.50. The third kappa shape index (κ3) is 1.80. The first-order chi connectivity index (χ1) is 9.61. The summed E-state index contributed by atoms with van der Waals surface area (Å²) < 4.78 is 9.20. The molecule has 2 aromatic rings. The van der Waals surface area contributed by atoms with Crippen LogP contribution < -0.4 is 16.1 Å². The lowest BCUT2D eigenvalue weighted by molar-refractivity contribution is 0.414. The van der Waals surface area contributed by atoms with Gasteiger partial charge in [-0.3, -0.25) is 0 Å². The van der Waals surface area contributed by atoms with E-state index >= 15 is 0 Å². The van der Waals surface area contributed by atoms with Crippen LogP contribution in [0.1, 0.15) is 6.92 Å². The molecular formula is C14H15N3O3. The topological polar surface area (TPSA) is 58.2 Å². The summed E-state index contributed by atoms with van der Waals surface area (Å²) in [5, 5.41) is 0. The maximum absolute atomic E-state index is 12.4. The molecule has 0 saturated carbocycles. The predicted octanol–water partition coefficient (Wildman–Crippen LogP) is 0.769. The number of nitrogens with zero attached hydrogens (tertiary/aromatic N) is 3. The zero-order valence-electron chi connectivity index (χ0n) is 11.4. The smallest absolute Gasteiger partial charge is 0.352 e. The van der Waals surface area contributed by atoms with Gasteiger partial charge in [-0.15, -0.1) is 0 Å². The summed E-state index contributed by atoms with van der Waals surface area (Å²) in [6.45, 7) is 2.84. The molecule has 0 unspecified atom stereocenters. The molecule has 0 amide bonds. The van der Waals surface area contributed by atoms with Gasteiger partial charge in [0.05, 0.1) is 25.9 Å². The van der Waals surface area contributed by atoms with Gasteiger partial charge in [0.25, 0.3) is 0 Å². The maximum atomic E-state index is 12.4. The van der Waals surface area contributed by atoms with E-state index in [0.29, 0.717) is 24.5 Å². The van der Waals surface area contributed by atoms with Gasteiger partial charge in [-0.05, 0) is 31.2 Å². The molecule has 0 aliphatic carbocycles. The number of ether oxygens (including phenoxy) is 1. The van der Waals surface area contributed by atoms with Crippen molar-refractivity contribution in [2.45, 2.75) is 20.0 Å². The van der Waals surface area contributed by atoms with Crippen molar-refractivity contribution in [2.75, 3.05) is 7.11 Å². The summed E-state index contributed by atoms with van der Waals surface area (Å²) in [5.74, 6) is 0.684. The molecule has 0 bridgehead atoms. The van der Waals surface area contributed by atoms with Crippen molar-refractivity contribution in [3.05, 3.63) is 56.9 Å². The summed E-state index contributed by atoms with van der Waals surface area (Å²) in [7, 11) is 1.57. The van der Waals surface area contributed by atoms with Gasteiger partial charge < -0.3 is 4.74 Å². The highest BCUT2D eigenvalue weighted by Gasteiger charge is 2.19. The summed E-state index contributed by atoms with van der Waals surface area (Å²) >= 11 is 0. The number of rotatable bonds is 2. The van der Waals surface area contributed by atoms with E-state index in [2.05, 4.69) is 0 Å². The van der Waals surface area contributed by atoms with Gasteiger partial charge in [-0.1, -0.05) is 11.6 Å². The van der Waals surface area contributed by atoms with Crippen LogP contribution in [0.5, 0.6) is 5.75 Å². The quantitative estimate of drug-likeness (QED) is 0.759. The van der Waals surface area contributed by atoms with Gasteiger partial charge in [-0.2, -0.15) is 0 Å². The van der Waals surface area contributed by atoms with Crippen molar-refractivity contribution in [1.29, 1.82) is 0 Å². The fourth-order valence-electron chi connectivity index (χ4n) is 2.34. The molecule has 2 heterocycles. The van der Waals surface area contributed by atoms with E-state index in [4.69, 9.17) is 4.74 Å². The van der Waals surface area contributed by atoms with Crippen LogP contribution in [0.4, 0.5) is 0 Å². The van der Waals surface area contributed by atoms with Crippen molar-refractivity contribution in [3.8, 4) is 11.4 Å². The first kappa shape index (κ1) is 12.5.